The second-order valence-electron chi connectivity index (χ2n) is 15.9. The van der Waals surface area contributed by atoms with Crippen molar-refractivity contribution in [3.63, 3.8) is 0 Å². The molecule has 0 radical (unpaired) electrons. The van der Waals surface area contributed by atoms with Gasteiger partial charge in [0.15, 0.2) is 0 Å². The normalized spacial score (nSPS) is 12.9. The standard InChI is InChI=1S/C51H48N4O/c1-30(2)35-18-20-52-46(27-35)36-12-11-13-38(26-36)56-39-16-17-41-40-14-9-10-15-47(40)55(48(41)29-39)49-28-37(19-21-53-49)54-50-42(31(3)4)22-33(7)24-44(50)45-25-34(8)23-43(32(5)6)51(45)54/h9-32H,1-8H3/i31D,32D. The van der Waals surface area contributed by atoms with Gasteiger partial charge in [-0.2, -0.15) is 0 Å². The fourth-order valence-corrected chi connectivity index (χ4v) is 8.33. The van der Waals surface area contributed by atoms with E-state index in [1.54, 1.807) is 0 Å². The van der Waals surface area contributed by atoms with Gasteiger partial charge in [-0.15, -0.1) is 0 Å². The third-order valence-corrected chi connectivity index (χ3v) is 11.0. The molecule has 0 aliphatic carbocycles. The van der Waals surface area contributed by atoms with Crippen molar-refractivity contribution >= 4 is 43.6 Å². The van der Waals surface area contributed by atoms with E-state index in [4.69, 9.17) is 9.72 Å². The van der Waals surface area contributed by atoms with Gasteiger partial charge in [-0.3, -0.25) is 9.55 Å². The number of hydrogen-bond donors (Lipinski definition) is 0. The minimum absolute atomic E-state index is 0.408. The maximum atomic E-state index is 9.34. The van der Waals surface area contributed by atoms with E-state index in [-0.39, 0.29) is 0 Å². The SMILES string of the molecule is [2H]C(C)(C)c1cc(C)cc2c3cc(C)cc(C([2H])(C)C)c3n(-c3ccnc(-n4c5ccccc5c5ccc(Oc6cccc(-c7cc(C(C)C)ccn7)c6)cc54)c3)c12. The van der Waals surface area contributed by atoms with Gasteiger partial charge >= 0.3 is 0 Å². The van der Waals surface area contributed by atoms with Crippen molar-refractivity contribution in [1.82, 2.24) is 19.1 Å². The second kappa shape index (κ2) is 13.8. The first kappa shape index (κ1) is 33.2. The van der Waals surface area contributed by atoms with Gasteiger partial charge in [0.05, 0.1) is 33.4 Å². The smallest absolute Gasteiger partial charge is 0.139 e. The number of aryl methyl sites for hydroxylation is 2. The van der Waals surface area contributed by atoms with Crippen LogP contribution in [0.4, 0.5) is 0 Å². The van der Waals surface area contributed by atoms with Crippen LogP contribution in [0.3, 0.4) is 0 Å². The first-order valence-electron chi connectivity index (χ1n) is 20.5. The average Bonchev–Trinajstić information content (AvgIpc) is 3.69. The maximum Gasteiger partial charge on any atom is 0.139 e. The maximum absolute atomic E-state index is 9.34. The summed E-state index contributed by atoms with van der Waals surface area (Å²) in [6.45, 7) is 16.4. The van der Waals surface area contributed by atoms with Crippen LogP contribution in [0.15, 0.2) is 128 Å². The Kier molecular flexibility index (Phi) is 8.19. The lowest BCUT2D eigenvalue weighted by atomic mass is 9.95. The molecular weight excluding hydrogens is 685 g/mol. The third-order valence-electron chi connectivity index (χ3n) is 11.0. The van der Waals surface area contributed by atoms with E-state index < -0.39 is 11.8 Å². The third kappa shape index (κ3) is 6.03. The Bertz CT molecular complexity index is 2990. The van der Waals surface area contributed by atoms with Gasteiger partial charge < -0.3 is 9.30 Å². The molecule has 0 spiro atoms. The zero-order valence-electron chi connectivity index (χ0n) is 35.4. The van der Waals surface area contributed by atoms with Crippen LogP contribution >= 0.6 is 0 Å². The van der Waals surface area contributed by atoms with Crippen LogP contribution in [0.25, 0.3) is 66.4 Å². The van der Waals surface area contributed by atoms with E-state index in [2.05, 4.69) is 127 Å². The molecule has 5 heteroatoms. The van der Waals surface area contributed by atoms with E-state index >= 15 is 0 Å². The highest BCUT2D eigenvalue weighted by Crippen LogP contribution is 2.42. The summed E-state index contributed by atoms with van der Waals surface area (Å²) in [7, 11) is 0. The number of rotatable bonds is 8. The molecule has 0 aliphatic rings. The molecule has 0 atom stereocenters. The minimum Gasteiger partial charge on any atom is -0.457 e. The number of pyridine rings is 2. The van der Waals surface area contributed by atoms with E-state index in [0.717, 1.165) is 94.4 Å². The molecule has 0 aliphatic heterocycles. The first-order chi connectivity index (χ1) is 27.7. The topological polar surface area (TPSA) is 44.9 Å². The number of aromatic nitrogens is 4. The predicted molar refractivity (Wildman–Crippen MR) is 234 cm³/mol. The molecular formula is C51H48N4O. The number of fused-ring (bicyclic) bond motifs is 6. The van der Waals surface area contributed by atoms with E-state index in [1.807, 2.05) is 70.4 Å². The van der Waals surface area contributed by atoms with Crippen molar-refractivity contribution in [2.24, 2.45) is 0 Å². The van der Waals surface area contributed by atoms with Crippen molar-refractivity contribution in [1.29, 1.82) is 0 Å². The number of ether oxygens (including phenoxy) is 1. The molecule has 0 bridgehead atoms. The van der Waals surface area contributed by atoms with Crippen molar-refractivity contribution in [3.05, 3.63) is 155 Å². The molecule has 4 heterocycles. The fourth-order valence-electron chi connectivity index (χ4n) is 8.33. The number of hydrogen-bond acceptors (Lipinski definition) is 3. The minimum atomic E-state index is -0.880. The van der Waals surface area contributed by atoms with Crippen LogP contribution in [-0.4, -0.2) is 19.1 Å². The van der Waals surface area contributed by atoms with E-state index in [0.29, 0.717) is 11.7 Å². The highest BCUT2D eigenvalue weighted by molar-refractivity contribution is 6.12. The summed E-state index contributed by atoms with van der Waals surface area (Å²) >= 11 is 0. The van der Waals surface area contributed by atoms with Gasteiger partial charge in [-0.1, -0.05) is 95.1 Å². The van der Waals surface area contributed by atoms with Crippen LogP contribution in [0.1, 0.15) is 89.8 Å². The Morgan fingerprint density at radius 2 is 1.21 bits per heavy atom. The van der Waals surface area contributed by atoms with E-state index in [1.165, 1.54) is 5.56 Å². The zero-order valence-corrected chi connectivity index (χ0v) is 33.4. The molecule has 278 valence electrons. The summed E-state index contributed by atoms with van der Waals surface area (Å²) in [5, 5.41) is 4.39. The molecule has 5 aromatic carbocycles. The van der Waals surface area contributed by atoms with E-state index in [9.17, 15) is 2.74 Å². The van der Waals surface area contributed by atoms with Crippen molar-refractivity contribution in [2.45, 2.75) is 73.1 Å². The molecule has 9 aromatic rings. The summed E-state index contributed by atoms with van der Waals surface area (Å²) in [5.41, 5.74) is 12.2. The Hall–Kier alpha value is -6.20. The van der Waals surface area contributed by atoms with Gasteiger partial charge in [0.1, 0.15) is 17.3 Å². The van der Waals surface area contributed by atoms with Gasteiger partial charge in [0.2, 0.25) is 0 Å². The molecule has 0 saturated carbocycles. The zero-order chi connectivity index (χ0) is 40.7. The Balaban J connectivity index is 1.24. The van der Waals surface area contributed by atoms with Crippen molar-refractivity contribution in [3.8, 4) is 34.3 Å². The Morgan fingerprint density at radius 3 is 1.91 bits per heavy atom. The predicted octanol–water partition coefficient (Wildman–Crippen LogP) is 14.1. The molecule has 9 rings (SSSR count). The quantitative estimate of drug-likeness (QED) is 0.156. The molecule has 0 fully saturated rings. The van der Waals surface area contributed by atoms with Crippen LogP contribution < -0.4 is 4.74 Å². The van der Waals surface area contributed by atoms with Gasteiger partial charge in [0, 0.05) is 54.4 Å². The second-order valence-corrected chi connectivity index (χ2v) is 15.9. The lowest BCUT2D eigenvalue weighted by Crippen LogP contribution is -2.04. The lowest BCUT2D eigenvalue weighted by Gasteiger charge is -2.18. The highest BCUT2D eigenvalue weighted by Gasteiger charge is 2.23. The molecule has 56 heavy (non-hydrogen) atoms. The van der Waals surface area contributed by atoms with Crippen LogP contribution in [0.2, 0.25) is 0 Å². The Labute approximate surface area is 332 Å². The molecule has 0 N–H and O–H groups in total. The van der Waals surface area contributed by atoms with Crippen LogP contribution in [-0.2, 0) is 0 Å². The fraction of sp³-hybridized carbons (Fsp3) is 0.216. The van der Waals surface area contributed by atoms with Crippen LogP contribution in [0.5, 0.6) is 11.5 Å². The first-order valence-corrected chi connectivity index (χ1v) is 19.5. The molecule has 5 nitrogen and oxygen atoms in total. The van der Waals surface area contributed by atoms with Gasteiger partial charge in [-0.25, -0.2) is 4.98 Å². The number of benzene rings is 5. The van der Waals surface area contributed by atoms with Crippen molar-refractivity contribution in [2.75, 3.05) is 0 Å². The number of nitrogens with zero attached hydrogens (tertiary/aromatic N) is 4. The summed E-state index contributed by atoms with van der Waals surface area (Å²) < 4.78 is 29.8. The van der Waals surface area contributed by atoms with Crippen molar-refractivity contribution < 1.29 is 7.48 Å². The monoisotopic (exact) mass is 734 g/mol. The lowest BCUT2D eigenvalue weighted by molar-refractivity contribution is 0.483. The highest BCUT2D eigenvalue weighted by atomic mass is 16.5. The molecule has 0 amide bonds. The average molecular weight is 735 g/mol. The summed E-state index contributed by atoms with van der Waals surface area (Å²) in [6, 6.07) is 40.0. The Morgan fingerprint density at radius 1 is 0.554 bits per heavy atom. The summed E-state index contributed by atoms with van der Waals surface area (Å²) in [6.07, 6.45) is 3.75. The molecule has 0 saturated heterocycles. The largest absolute Gasteiger partial charge is 0.457 e. The van der Waals surface area contributed by atoms with Gasteiger partial charge in [-0.05, 0) is 109 Å². The van der Waals surface area contributed by atoms with Gasteiger partial charge in [0.25, 0.3) is 0 Å². The molecule has 4 aromatic heterocycles. The summed E-state index contributed by atoms with van der Waals surface area (Å²) in [5.74, 6) is 0.851. The van der Waals surface area contributed by atoms with Crippen LogP contribution in [0, 0.1) is 13.8 Å². The molecule has 0 unspecified atom stereocenters. The summed E-state index contributed by atoms with van der Waals surface area (Å²) in [4.78, 5) is 9.69. The number of para-hydroxylation sites is 1.